The van der Waals surface area contributed by atoms with E-state index in [0.29, 0.717) is 11.1 Å². The molecule has 0 fully saturated rings. The lowest BCUT2D eigenvalue weighted by Gasteiger charge is -2.13. The molecule has 0 amide bonds. The van der Waals surface area contributed by atoms with E-state index < -0.39 is 11.6 Å². The third-order valence-electron chi connectivity index (χ3n) is 3.79. The SMILES string of the molecule is CCCc1ccc(-c2ccc(C)c(F)c2F)c(CCC)c1. The summed E-state index contributed by atoms with van der Waals surface area (Å²) in [6, 6.07) is 9.42. The normalized spacial score (nSPS) is 10.9. The van der Waals surface area contributed by atoms with Gasteiger partial charge in [-0.25, -0.2) is 8.78 Å². The molecule has 0 aromatic heterocycles. The monoisotopic (exact) mass is 288 g/mol. The molecule has 0 unspecified atom stereocenters. The Hall–Kier alpha value is -1.70. The highest BCUT2D eigenvalue weighted by atomic mass is 19.2. The van der Waals surface area contributed by atoms with Gasteiger partial charge < -0.3 is 0 Å². The number of halogens is 2. The molecule has 0 bridgehead atoms. The molecule has 2 heteroatoms. The zero-order valence-electron chi connectivity index (χ0n) is 13.0. The van der Waals surface area contributed by atoms with Gasteiger partial charge >= 0.3 is 0 Å². The standard InChI is InChI=1S/C19H22F2/c1-4-6-14-9-11-16(15(12-14)7-5-2)17-10-8-13(3)18(20)19(17)21/h8-12H,4-7H2,1-3H3. The predicted octanol–water partition coefficient (Wildman–Crippen LogP) is 5.85. The Labute approximate surface area is 125 Å². The van der Waals surface area contributed by atoms with Crippen molar-refractivity contribution < 1.29 is 8.78 Å². The minimum atomic E-state index is -0.743. The smallest absolute Gasteiger partial charge is 0.166 e. The van der Waals surface area contributed by atoms with E-state index in [-0.39, 0.29) is 0 Å². The molecule has 21 heavy (non-hydrogen) atoms. The minimum absolute atomic E-state index is 0.343. The van der Waals surface area contributed by atoms with Crippen LogP contribution in [0, 0.1) is 18.6 Å². The Morgan fingerprint density at radius 1 is 0.810 bits per heavy atom. The van der Waals surface area contributed by atoms with Gasteiger partial charge in [0.05, 0.1) is 0 Å². The maximum absolute atomic E-state index is 14.2. The van der Waals surface area contributed by atoms with Gasteiger partial charge in [-0.15, -0.1) is 0 Å². The summed E-state index contributed by atoms with van der Waals surface area (Å²) in [6.07, 6.45) is 3.96. The van der Waals surface area contributed by atoms with Gasteiger partial charge in [0.25, 0.3) is 0 Å². The fourth-order valence-electron chi connectivity index (χ4n) is 2.68. The van der Waals surface area contributed by atoms with E-state index in [2.05, 4.69) is 19.9 Å². The maximum atomic E-state index is 14.2. The Balaban J connectivity index is 2.55. The minimum Gasteiger partial charge on any atom is -0.203 e. The Bertz CT molecular complexity index is 630. The van der Waals surface area contributed by atoms with E-state index in [0.717, 1.165) is 36.8 Å². The third-order valence-corrected chi connectivity index (χ3v) is 3.79. The van der Waals surface area contributed by atoms with Gasteiger partial charge in [-0.1, -0.05) is 57.0 Å². The highest BCUT2D eigenvalue weighted by molar-refractivity contribution is 5.69. The molecular weight excluding hydrogens is 266 g/mol. The molecule has 0 radical (unpaired) electrons. The van der Waals surface area contributed by atoms with Gasteiger partial charge in [-0.3, -0.25) is 0 Å². The first-order valence-corrected chi connectivity index (χ1v) is 7.65. The summed E-state index contributed by atoms with van der Waals surface area (Å²) in [5.74, 6) is -1.48. The molecule has 2 rings (SSSR count). The van der Waals surface area contributed by atoms with Crippen LogP contribution in [0.1, 0.15) is 43.4 Å². The summed E-state index contributed by atoms with van der Waals surface area (Å²) in [6.45, 7) is 5.82. The molecule has 112 valence electrons. The molecule has 0 aliphatic heterocycles. The lowest BCUT2D eigenvalue weighted by atomic mass is 9.93. The van der Waals surface area contributed by atoms with Crippen molar-refractivity contribution in [3.8, 4) is 11.1 Å². The van der Waals surface area contributed by atoms with Gasteiger partial charge in [0.2, 0.25) is 0 Å². The number of rotatable bonds is 5. The van der Waals surface area contributed by atoms with Gasteiger partial charge in [0.15, 0.2) is 11.6 Å². The van der Waals surface area contributed by atoms with Crippen molar-refractivity contribution in [2.75, 3.05) is 0 Å². The maximum Gasteiger partial charge on any atom is 0.166 e. The second-order valence-corrected chi connectivity index (χ2v) is 5.55. The van der Waals surface area contributed by atoms with Crippen LogP contribution in [-0.2, 0) is 12.8 Å². The van der Waals surface area contributed by atoms with E-state index in [4.69, 9.17) is 0 Å². The second-order valence-electron chi connectivity index (χ2n) is 5.55. The first-order chi connectivity index (χ1) is 10.1. The van der Waals surface area contributed by atoms with Crippen LogP contribution in [0.2, 0.25) is 0 Å². The van der Waals surface area contributed by atoms with Crippen molar-refractivity contribution >= 4 is 0 Å². The van der Waals surface area contributed by atoms with Crippen molar-refractivity contribution in [2.24, 2.45) is 0 Å². The van der Waals surface area contributed by atoms with Crippen LogP contribution in [0.15, 0.2) is 30.3 Å². The largest absolute Gasteiger partial charge is 0.203 e. The topological polar surface area (TPSA) is 0 Å². The number of hydrogen-bond acceptors (Lipinski definition) is 0. The zero-order chi connectivity index (χ0) is 15.4. The molecule has 0 N–H and O–H groups in total. The molecule has 0 aliphatic carbocycles. The number of hydrogen-bond donors (Lipinski definition) is 0. The van der Waals surface area contributed by atoms with Crippen LogP contribution in [0.25, 0.3) is 11.1 Å². The Morgan fingerprint density at radius 2 is 1.48 bits per heavy atom. The van der Waals surface area contributed by atoms with Crippen molar-refractivity contribution in [3.63, 3.8) is 0 Å². The second kappa shape index (κ2) is 6.84. The first-order valence-electron chi connectivity index (χ1n) is 7.65. The van der Waals surface area contributed by atoms with Crippen LogP contribution in [0.4, 0.5) is 8.78 Å². The summed E-state index contributed by atoms with van der Waals surface area (Å²) in [4.78, 5) is 0. The molecule has 0 spiro atoms. The Kier molecular flexibility index (Phi) is 5.11. The highest BCUT2D eigenvalue weighted by Crippen LogP contribution is 2.30. The fraction of sp³-hybridized carbons (Fsp3) is 0.368. The highest BCUT2D eigenvalue weighted by Gasteiger charge is 2.15. The predicted molar refractivity (Wildman–Crippen MR) is 84.5 cm³/mol. The molecule has 0 heterocycles. The van der Waals surface area contributed by atoms with Crippen LogP contribution >= 0.6 is 0 Å². The van der Waals surface area contributed by atoms with Gasteiger partial charge in [-0.2, -0.15) is 0 Å². The first kappa shape index (κ1) is 15.7. The van der Waals surface area contributed by atoms with E-state index >= 15 is 0 Å². The van der Waals surface area contributed by atoms with Gasteiger partial charge in [-0.05, 0) is 42.0 Å². The van der Waals surface area contributed by atoms with E-state index in [1.807, 2.05) is 12.1 Å². The fourth-order valence-corrected chi connectivity index (χ4v) is 2.68. The van der Waals surface area contributed by atoms with Crippen molar-refractivity contribution in [2.45, 2.75) is 46.5 Å². The third kappa shape index (κ3) is 3.31. The van der Waals surface area contributed by atoms with Crippen molar-refractivity contribution in [3.05, 3.63) is 58.7 Å². The summed E-state index contributed by atoms with van der Waals surface area (Å²) >= 11 is 0. The summed E-state index contributed by atoms with van der Waals surface area (Å²) in [5, 5.41) is 0. The summed E-state index contributed by atoms with van der Waals surface area (Å²) in [7, 11) is 0. The Morgan fingerprint density at radius 3 is 2.14 bits per heavy atom. The van der Waals surface area contributed by atoms with Crippen LogP contribution in [-0.4, -0.2) is 0 Å². The van der Waals surface area contributed by atoms with Crippen LogP contribution in [0.3, 0.4) is 0 Å². The van der Waals surface area contributed by atoms with Crippen molar-refractivity contribution in [1.29, 1.82) is 0 Å². The molecule has 0 atom stereocenters. The molecular formula is C19H22F2. The molecule has 2 aromatic rings. The van der Waals surface area contributed by atoms with E-state index in [1.54, 1.807) is 19.1 Å². The molecule has 0 nitrogen and oxygen atoms in total. The van der Waals surface area contributed by atoms with Crippen LogP contribution < -0.4 is 0 Å². The molecule has 0 saturated heterocycles. The summed E-state index contributed by atoms with van der Waals surface area (Å²) in [5.41, 5.74) is 3.89. The quantitative estimate of drug-likeness (QED) is 0.648. The molecule has 0 saturated carbocycles. The molecule has 0 aliphatic rings. The average Bonchev–Trinajstić information content (AvgIpc) is 2.47. The van der Waals surface area contributed by atoms with Crippen molar-refractivity contribution in [1.82, 2.24) is 0 Å². The van der Waals surface area contributed by atoms with Crippen LogP contribution in [0.5, 0.6) is 0 Å². The zero-order valence-corrected chi connectivity index (χ0v) is 13.0. The lowest BCUT2D eigenvalue weighted by Crippen LogP contribution is -1.98. The van der Waals surface area contributed by atoms with Gasteiger partial charge in [0.1, 0.15) is 0 Å². The van der Waals surface area contributed by atoms with E-state index in [9.17, 15) is 8.78 Å². The molecule has 2 aromatic carbocycles. The number of aryl methyl sites for hydroxylation is 3. The van der Waals surface area contributed by atoms with E-state index in [1.165, 1.54) is 5.56 Å². The summed E-state index contributed by atoms with van der Waals surface area (Å²) < 4.78 is 28.1. The average molecular weight is 288 g/mol. The number of benzene rings is 2. The van der Waals surface area contributed by atoms with Gasteiger partial charge in [0, 0.05) is 5.56 Å². The lowest BCUT2D eigenvalue weighted by molar-refractivity contribution is 0.505.